The molecule has 106 valence electrons. The Labute approximate surface area is 114 Å². The van der Waals surface area contributed by atoms with Gasteiger partial charge in [-0.05, 0) is 25.0 Å². The number of rotatable bonds is 7. The minimum atomic E-state index is -0.250. The molecule has 0 radical (unpaired) electrons. The van der Waals surface area contributed by atoms with Crippen LogP contribution < -0.4 is 10.5 Å². The van der Waals surface area contributed by atoms with Gasteiger partial charge >= 0.3 is 5.97 Å². The zero-order chi connectivity index (χ0) is 14.3. The van der Waals surface area contributed by atoms with E-state index in [0.29, 0.717) is 6.61 Å². The van der Waals surface area contributed by atoms with E-state index in [1.165, 1.54) is 7.11 Å². The quantitative estimate of drug-likeness (QED) is 0.769. The molecular weight excluding hydrogens is 242 g/mol. The molecule has 0 bridgehead atoms. The van der Waals surface area contributed by atoms with Crippen molar-refractivity contribution in [1.82, 2.24) is 0 Å². The lowest BCUT2D eigenvalue weighted by molar-refractivity contribution is -0.141. The van der Waals surface area contributed by atoms with Gasteiger partial charge in [0.1, 0.15) is 5.75 Å². The van der Waals surface area contributed by atoms with Crippen molar-refractivity contribution in [2.45, 2.75) is 38.6 Å². The third-order valence-electron chi connectivity index (χ3n) is 3.22. The first-order valence-electron chi connectivity index (χ1n) is 6.68. The molecule has 4 heteroatoms. The van der Waals surface area contributed by atoms with Crippen LogP contribution in [0.1, 0.15) is 38.2 Å². The largest absolute Gasteiger partial charge is 0.494 e. The monoisotopic (exact) mass is 265 g/mol. The van der Waals surface area contributed by atoms with E-state index < -0.39 is 0 Å². The lowest BCUT2D eigenvalue weighted by atomic mass is 9.87. The molecule has 2 unspecified atom stereocenters. The first-order chi connectivity index (χ1) is 9.13. The van der Waals surface area contributed by atoms with Gasteiger partial charge in [-0.15, -0.1) is 0 Å². The number of methoxy groups -OCH3 is 1. The molecule has 0 aliphatic carbocycles. The highest BCUT2D eigenvalue weighted by Gasteiger charge is 2.25. The minimum absolute atomic E-state index is 0.0831. The van der Waals surface area contributed by atoms with Crippen LogP contribution in [0, 0.1) is 0 Å². The van der Waals surface area contributed by atoms with Gasteiger partial charge in [0.2, 0.25) is 0 Å². The molecule has 0 heterocycles. The maximum absolute atomic E-state index is 11.6. The van der Waals surface area contributed by atoms with Gasteiger partial charge < -0.3 is 15.2 Å². The summed E-state index contributed by atoms with van der Waals surface area (Å²) < 4.78 is 10.4. The number of nitrogens with two attached hydrogens (primary N) is 1. The maximum Gasteiger partial charge on any atom is 0.306 e. The summed E-state index contributed by atoms with van der Waals surface area (Å²) in [5, 5.41) is 0. The van der Waals surface area contributed by atoms with Crippen LogP contribution in [0.2, 0.25) is 0 Å². The minimum Gasteiger partial charge on any atom is -0.494 e. The van der Waals surface area contributed by atoms with Crippen molar-refractivity contribution in [1.29, 1.82) is 0 Å². The van der Waals surface area contributed by atoms with Crippen LogP contribution >= 0.6 is 0 Å². The molecule has 0 saturated heterocycles. The second kappa shape index (κ2) is 7.79. The molecule has 2 N–H and O–H groups in total. The van der Waals surface area contributed by atoms with Crippen molar-refractivity contribution >= 4 is 5.97 Å². The van der Waals surface area contributed by atoms with Gasteiger partial charge in [-0.1, -0.05) is 25.1 Å². The van der Waals surface area contributed by atoms with E-state index in [0.717, 1.165) is 17.7 Å². The topological polar surface area (TPSA) is 61.5 Å². The van der Waals surface area contributed by atoms with E-state index >= 15 is 0 Å². The Hall–Kier alpha value is -1.55. The Morgan fingerprint density at radius 3 is 2.58 bits per heavy atom. The van der Waals surface area contributed by atoms with E-state index in [4.69, 9.17) is 15.2 Å². The Kier molecular flexibility index (Phi) is 6.36. The van der Waals surface area contributed by atoms with E-state index in [1.54, 1.807) is 0 Å². The molecule has 19 heavy (non-hydrogen) atoms. The molecular formula is C15H23NO3. The summed E-state index contributed by atoms with van der Waals surface area (Å²) in [6.07, 6.45) is 1.07. The second-order valence-electron chi connectivity index (χ2n) is 4.43. The summed E-state index contributed by atoms with van der Waals surface area (Å²) in [5.41, 5.74) is 7.13. The summed E-state index contributed by atoms with van der Waals surface area (Å²) >= 11 is 0. The summed E-state index contributed by atoms with van der Waals surface area (Å²) in [5.74, 6) is 0.461. The van der Waals surface area contributed by atoms with Crippen LogP contribution in [-0.2, 0) is 9.53 Å². The van der Waals surface area contributed by atoms with Gasteiger partial charge in [0.25, 0.3) is 0 Å². The highest BCUT2D eigenvalue weighted by molar-refractivity contribution is 5.70. The number of ether oxygens (including phenoxy) is 2. The smallest absolute Gasteiger partial charge is 0.306 e. The molecule has 1 aromatic carbocycles. The number of para-hydroxylation sites is 1. The average Bonchev–Trinajstić information content (AvgIpc) is 2.45. The Morgan fingerprint density at radius 1 is 1.32 bits per heavy atom. The summed E-state index contributed by atoms with van der Waals surface area (Å²) in [7, 11) is 1.39. The van der Waals surface area contributed by atoms with Crippen molar-refractivity contribution < 1.29 is 14.3 Å². The van der Waals surface area contributed by atoms with Gasteiger partial charge in [0.05, 0.1) is 20.1 Å². The van der Waals surface area contributed by atoms with Gasteiger partial charge in [-0.3, -0.25) is 4.79 Å². The van der Waals surface area contributed by atoms with Crippen LogP contribution in [0.5, 0.6) is 5.75 Å². The normalized spacial score (nSPS) is 13.7. The zero-order valence-electron chi connectivity index (χ0n) is 11.9. The lowest BCUT2D eigenvalue weighted by Gasteiger charge is -2.24. The molecule has 0 fully saturated rings. The van der Waals surface area contributed by atoms with Crippen molar-refractivity contribution in [2.75, 3.05) is 13.7 Å². The standard InChI is InChI=1S/C15H23NO3/c1-4-13(16)12(10-15(17)18-3)11-8-6-7-9-14(11)19-5-2/h6-9,12-13H,4-5,10,16H2,1-3H3. The predicted octanol–water partition coefficient (Wildman–Crippen LogP) is 2.47. The van der Waals surface area contributed by atoms with E-state index in [9.17, 15) is 4.79 Å². The third kappa shape index (κ3) is 4.24. The van der Waals surface area contributed by atoms with Gasteiger partial charge in [-0.2, -0.15) is 0 Å². The van der Waals surface area contributed by atoms with Crippen LogP contribution in [-0.4, -0.2) is 25.7 Å². The predicted molar refractivity (Wildman–Crippen MR) is 75.3 cm³/mol. The van der Waals surface area contributed by atoms with Gasteiger partial charge in [0, 0.05) is 12.0 Å². The van der Waals surface area contributed by atoms with Crippen LogP contribution in [0.4, 0.5) is 0 Å². The molecule has 1 rings (SSSR count). The molecule has 0 spiro atoms. The zero-order valence-corrected chi connectivity index (χ0v) is 11.9. The Balaban J connectivity index is 3.05. The molecule has 0 aliphatic heterocycles. The van der Waals surface area contributed by atoms with Gasteiger partial charge in [-0.25, -0.2) is 0 Å². The number of esters is 1. The molecule has 0 amide bonds. The Bertz CT molecular complexity index is 406. The Morgan fingerprint density at radius 2 is 2.00 bits per heavy atom. The van der Waals surface area contributed by atoms with E-state index in [1.807, 2.05) is 38.1 Å². The number of hydrogen-bond donors (Lipinski definition) is 1. The SMILES string of the molecule is CCOc1ccccc1C(CC(=O)OC)C(N)CC. The third-order valence-corrected chi connectivity index (χ3v) is 3.22. The van der Waals surface area contributed by atoms with E-state index in [-0.39, 0.29) is 24.3 Å². The van der Waals surface area contributed by atoms with Crippen molar-refractivity contribution in [3.63, 3.8) is 0 Å². The average molecular weight is 265 g/mol. The maximum atomic E-state index is 11.6. The van der Waals surface area contributed by atoms with E-state index in [2.05, 4.69) is 0 Å². The second-order valence-corrected chi connectivity index (χ2v) is 4.43. The molecule has 1 aromatic rings. The number of carbonyl (C=O) groups is 1. The van der Waals surface area contributed by atoms with Crippen LogP contribution in [0.15, 0.2) is 24.3 Å². The highest BCUT2D eigenvalue weighted by Crippen LogP contribution is 2.32. The molecule has 0 saturated carbocycles. The number of hydrogen-bond acceptors (Lipinski definition) is 4. The summed E-state index contributed by atoms with van der Waals surface area (Å²) in [6, 6.07) is 7.63. The molecule has 4 nitrogen and oxygen atoms in total. The molecule has 0 aromatic heterocycles. The van der Waals surface area contributed by atoms with Crippen molar-refractivity contribution in [3.05, 3.63) is 29.8 Å². The number of carbonyl (C=O) groups excluding carboxylic acids is 1. The molecule has 0 aliphatic rings. The fourth-order valence-electron chi connectivity index (χ4n) is 2.11. The first kappa shape index (κ1) is 15.5. The summed E-state index contributed by atoms with van der Waals surface area (Å²) in [4.78, 5) is 11.6. The summed E-state index contributed by atoms with van der Waals surface area (Å²) in [6.45, 7) is 4.54. The van der Waals surface area contributed by atoms with Crippen LogP contribution in [0.25, 0.3) is 0 Å². The first-order valence-corrected chi connectivity index (χ1v) is 6.68. The lowest BCUT2D eigenvalue weighted by Crippen LogP contribution is -2.30. The van der Waals surface area contributed by atoms with Gasteiger partial charge in [0.15, 0.2) is 0 Å². The number of benzene rings is 1. The van der Waals surface area contributed by atoms with Crippen LogP contribution in [0.3, 0.4) is 0 Å². The van der Waals surface area contributed by atoms with Crippen molar-refractivity contribution in [2.24, 2.45) is 5.73 Å². The highest BCUT2D eigenvalue weighted by atomic mass is 16.5. The fraction of sp³-hybridized carbons (Fsp3) is 0.533. The molecule has 2 atom stereocenters. The fourth-order valence-corrected chi connectivity index (χ4v) is 2.11. The van der Waals surface area contributed by atoms with Crippen molar-refractivity contribution in [3.8, 4) is 5.75 Å².